The number of nitro groups is 1. The predicted octanol–water partition coefficient (Wildman–Crippen LogP) is 4.60. The van der Waals surface area contributed by atoms with Crippen molar-refractivity contribution < 1.29 is 23.0 Å². The molecule has 3 rings (SSSR count). The highest BCUT2D eigenvalue weighted by molar-refractivity contribution is 7.85. The highest BCUT2D eigenvalue weighted by Gasteiger charge is 2.24. The van der Waals surface area contributed by atoms with Crippen LogP contribution in [0.4, 0.5) is 17.1 Å². The van der Waals surface area contributed by atoms with E-state index in [-0.39, 0.29) is 5.96 Å². The van der Waals surface area contributed by atoms with E-state index >= 15 is 0 Å². The van der Waals surface area contributed by atoms with Crippen molar-refractivity contribution in [1.29, 1.82) is 0 Å². The normalized spacial score (nSPS) is 12.9. The van der Waals surface area contributed by atoms with Crippen LogP contribution in [0, 0.1) is 10.1 Å². The maximum atomic E-state index is 11.5. The van der Waals surface area contributed by atoms with Crippen LogP contribution in [0.15, 0.2) is 86.8 Å². The van der Waals surface area contributed by atoms with Crippen LogP contribution in [0.2, 0.25) is 0 Å². The first-order valence-electron chi connectivity index (χ1n) is 10.7. The zero-order chi connectivity index (χ0) is 27.3. The van der Waals surface area contributed by atoms with Gasteiger partial charge in [0.25, 0.3) is 10.1 Å². The van der Waals surface area contributed by atoms with Gasteiger partial charge in [-0.15, -0.1) is 10.2 Å². The molecule has 0 bridgehead atoms. The highest BCUT2D eigenvalue weighted by Crippen LogP contribution is 2.38. The molecule has 0 spiro atoms. The third-order valence-corrected chi connectivity index (χ3v) is 6.07. The molecule has 0 heterocycles. The van der Waals surface area contributed by atoms with E-state index in [1.807, 2.05) is 80.5 Å². The molecule has 0 atom stereocenters. The van der Waals surface area contributed by atoms with Crippen molar-refractivity contribution in [3.8, 4) is 5.75 Å². The molecular formula is C24H24N6O6S. The Labute approximate surface area is 213 Å². The van der Waals surface area contributed by atoms with Gasteiger partial charge in [0.05, 0.1) is 10.6 Å². The molecule has 0 aliphatic carbocycles. The molecular weight excluding hydrogens is 500 g/mol. The smallest absolute Gasteiger partial charge is 0.314 e. The van der Waals surface area contributed by atoms with Gasteiger partial charge in [0, 0.05) is 31.4 Å². The third kappa shape index (κ3) is 6.54. The number of phenols is 1. The number of nitro benzene ring substituents is 1. The third-order valence-electron chi connectivity index (χ3n) is 5.24. The van der Waals surface area contributed by atoms with E-state index in [0.29, 0.717) is 11.8 Å². The van der Waals surface area contributed by atoms with Crippen LogP contribution < -0.4 is 10.6 Å². The number of nitrogens with two attached hydrogens (primary N) is 1. The SMILES string of the molecule is C/C(=C(\N=C(N)N=Nc1cc(S(=O)(=O)O)cc([N+](=O)[O-])c1O)c1ccccc1)c1ccc(N(C)C)cc1. The van der Waals surface area contributed by atoms with Gasteiger partial charge in [0.1, 0.15) is 10.6 Å². The van der Waals surface area contributed by atoms with Gasteiger partial charge in [-0.05, 0) is 36.3 Å². The first-order chi connectivity index (χ1) is 17.4. The van der Waals surface area contributed by atoms with Crippen LogP contribution in [0.1, 0.15) is 18.1 Å². The van der Waals surface area contributed by atoms with E-state index in [2.05, 4.69) is 15.2 Å². The number of allylic oxidation sites excluding steroid dienone is 1. The van der Waals surface area contributed by atoms with E-state index in [9.17, 15) is 28.2 Å². The molecule has 13 heteroatoms. The minimum atomic E-state index is -4.83. The summed E-state index contributed by atoms with van der Waals surface area (Å²) in [6.45, 7) is 1.85. The minimum absolute atomic E-state index is 0.373. The zero-order valence-corrected chi connectivity index (χ0v) is 20.9. The number of phenolic OH excluding ortho intramolecular Hbond substituents is 1. The molecule has 0 unspecified atom stereocenters. The van der Waals surface area contributed by atoms with Gasteiger partial charge in [-0.3, -0.25) is 14.7 Å². The Morgan fingerprint density at radius 3 is 2.19 bits per heavy atom. The van der Waals surface area contributed by atoms with Gasteiger partial charge in [0.15, 0.2) is 0 Å². The number of anilines is 1. The summed E-state index contributed by atoms with van der Waals surface area (Å²) in [7, 11) is -0.968. The highest BCUT2D eigenvalue weighted by atomic mass is 32.2. The van der Waals surface area contributed by atoms with Crippen molar-refractivity contribution >= 4 is 44.4 Å². The van der Waals surface area contributed by atoms with Crippen molar-refractivity contribution in [2.45, 2.75) is 11.8 Å². The van der Waals surface area contributed by atoms with Crippen molar-refractivity contribution in [3.05, 3.63) is 88.0 Å². The molecule has 0 amide bonds. The van der Waals surface area contributed by atoms with Crippen LogP contribution in [0.5, 0.6) is 5.75 Å². The molecule has 37 heavy (non-hydrogen) atoms. The Balaban J connectivity index is 2.09. The van der Waals surface area contributed by atoms with Gasteiger partial charge in [-0.25, -0.2) is 4.99 Å². The minimum Gasteiger partial charge on any atom is -0.501 e. The second kappa shape index (κ2) is 11.0. The first kappa shape index (κ1) is 27.0. The summed E-state index contributed by atoms with van der Waals surface area (Å²) >= 11 is 0. The van der Waals surface area contributed by atoms with Gasteiger partial charge in [-0.1, -0.05) is 42.5 Å². The van der Waals surface area contributed by atoms with Crippen molar-refractivity contribution in [2.75, 3.05) is 19.0 Å². The number of azo groups is 1. The summed E-state index contributed by atoms with van der Waals surface area (Å²) in [5.41, 5.74) is 8.23. The molecule has 0 saturated heterocycles. The van der Waals surface area contributed by atoms with Gasteiger partial charge >= 0.3 is 5.69 Å². The Hall–Kier alpha value is -4.62. The summed E-state index contributed by atoms with van der Waals surface area (Å²) in [6, 6.07) is 18.1. The van der Waals surface area contributed by atoms with E-state index < -0.39 is 37.1 Å². The fraction of sp³-hybridized carbons (Fsp3) is 0.125. The molecule has 0 aliphatic rings. The summed E-state index contributed by atoms with van der Waals surface area (Å²) in [6.07, 6.45) is 0. The van der Waals surface area contributed by atoms with Crippen LogP contribution >= 0.6 is 0 Å². The van der Waals surface area contributed by atoms with E-state index in [1.54, 1.807) is 0 Å². The number of aliphatic imine (C=N–C) groups is 1. The summed E-state index contributed by atoms with van der Waals surface area (Å²) < 4.78 is 32.3. The van der Waals surface area contributed by atoms with E-state index in [1.165, 1.54) is 0 Å². The predicted molar refractivity (Wildman–Crippen MR) is 140 cm³/mol. The molecule has 4 N–H and O–H groups in total. The molecule has 0 radical (unpaired) electrons. The molecule has 0 aliphatic heterocycles. The first-order valence-corrected chi connectivity index (χ1v) is 12.1. The molecule has 0 saturated carbocycles. The standard InChI is InChI=1S/C24H24N6O6S/c1-15(16-9-11-18(12-10-16)29(2)3)22(17-7-5-4-6-8-17)26-24(25)28-27-20-13-19(37(34,35)36)14-21(23(20)31)30(32)33/h4-14,31H,1-3H3,(H2,25,26)(H,34,35,36)/b22-15+,28-27?. The Morgan fingerprint density at radius 2 is 1.65 bits per heavy atom. The lowest BCUT2D eigenvalue weighted by molar-refractivity contribution is -0.386. The van der Waals surface area contributed by atoms with Gasteiger partial charge in [0.2, 0.25) is 11.7 Å². The number of hydrogen-bond acceptors (Lipinski definition) is 8. The number of benzene rings is 3. The topological polar surface area (TPSA) is 184 Å². The van der Waals surface area contributed by atoms with Gasteiger partial charge in [-0.2, -0.15) is 8.42 Å². The quantitative estimate of drug-likeness (QED) is 0.0761. The average Bonchev–Trinajstić information content (AvgIpc) is 2.86. The van der Waals surface area contributed by atoms with Crippen LogP contribution in [0.25, 0.3) is 11.3 Å². The molecule has 12 nitrogen and oxygen atoms in total. The summed E-state index contributed by atoms with van der Waals surface area (Å²) in [4.78, 5) is 15.7. The largest absolute Gasteiger partial charge is 0.501 e. The Kier molecular flexibility index (Phi) is 8.00. The number of aromatic hydroxyl groups is 1. The molecule has 0 aromatic heterocycles. The van der Waals surface area contributed by atoms with E-state index in [4.69, 9.17) is 5.73 Å². The van der Waals surface area contributed by atoms with Crippen LogP contribution in [0.3, 0.4) is 0 Å². The number of rotatable bonds is 7. The maximum absolute atomic E-state index is 11.5. The lowest BCUT2D eigenvalue weighted by atomic mass is 10.0. The van der Waals surface area contributed by atoms with Crippen molar-refractivity contribution in [2.24, 2.45) is 21.0 Å². The fourth-order valence-electron chi connectivity index (χ4n) is 3.29. The molecule has 3 aromatic carbocycles. The second-order valence-electron chi connectivity index (χ2n) is 7.99. The second-order valence-corrected chi connectivity index (χ2v) is 9.41. The number of guanidine groups is 1. The van der Waals surface area contributed by atoms with Crippen LogP contribution in [-0.2, 0) is 10.1 Å². The fourth-order valence-corrected chi connectivity index (χ4v) is 3.81. The molecule has 3 aromatic rings. The van der Waals surface area contributed by atoms with Crippen molar-refractivity contribution in [3.63, 3.8) is 0 Å². The monoisotopic (exact) mass is 524 g/mol. The Bertz CT molecular complexity index is 1520. The number of hydrogen-bond donors (Lipinski definition) is 3. The zero-order valence-electron chi connectivity index (χ0n) is 20.1. The van der Waals surface area contributed by atoms with E-state index in [0.717, 1.165) is 28.5 Å². The average molecular weight is 525 g/mol. The Morgan fingerprint density at radius 1 is 1.03 bits per heavy atom. The molecule has 192 valence electrons. The lowest BCUT2D eigenvalue weighted by Gasteiger charge is -2.14. The lowest BCUT2D eigenvalue weighted by Crippen LogP contribution is -2.08. The summed E-state index contributed by atoms with van der Waals surface area (Å²) in [5.74, 6) is -1.33. The summed E-state index contributed by atoms with van der Waals surface area (Å²) in [5, 5.41) is 28.7. The van der Waals surface area contributed by atoms with Crippen molar-refractivity contribution in [1.82, 2.24) is 0 Å². The number of nitrogens with zero attached hydrogens (tertiary/aromatic N) is 5. The maximum Gasteiger partial charge on any atom is 0.314 e. The van der Waals surface area contributed by atoms with Crippen LogP contribution in [-0.4, -0.2) is 43.1 Å². The van der Waals surface area contributed by atoms with Gasteiger partial charge < -0.3 is 15.7 Å². The molecule has 0 fully saturated rings.